The fourth-order valence-corrected chi connectivity index (χ4v) is 3.33. The third-order valence-electron chi connectivity index (χ3n) is 3.93. The van der Waals surface area contributed by atoms with E-state index in [1.807, 2.05) is 0 Å². The van der Waals surface area contributed by atoms with E-state index in [1.165, 1.54) is 107 Å². The van der Waals surface area contributed by atoms with Crippen molar-refractivity contribution >= 4 is 31.9 Å². The van der Waals surface area contributed by atoms with Crippen LogP contribution in [-0.4, -0.2) is 10.7 Å². The zero-order valence-electron chi connectivity index (χ0n) is 13.9. The van der Waals surface area contributed by atoms with Gasteiger partial charge in [0.1, 0.15) is 0 Å². The molecular formula is C19H36Br2. The molecule has 0 spiro atoms. The number of unbranched alkanes of at least 4 members (excludes halogenated alkanes) is 13. The molecule has 0 aromatic heterocycles. The van der Waals surface area contributed by atoms with Crippen LogP contribution in [0.4, 0.5) is 0 Å². The third-order valence-corrected chi connectivity index (χ3v) is 5.05. The number of allylic oxidation sites excluding steroid dienone is 2. The second kappa shape index (κ2) is 20.7. The molecule has 0 bridgehead atoms. The third kappa shape index (κ3) is 20.7. The molecule has 0 atom stereocenters. The molecule has 0 unspecified atom stereocenters. The highest BCUT2D eigenvalue weighted by molar-refractivity contribution is 9.09. The summed E-state index contributed by atoms with van der Waals surface area (Å²) in [6, 6.07) is 0. The number of halogens is 2. The van der Waals surface area contributed by atoms with Crippen LogP contribution >= 0.6 is 31.9 Å². The number of alkyl halides is 2. The lowest BCUT2D eigenvalue weighted by Gasteiger charge is -2.00. The van der Waals surface area contributed by atoms with E-state index < -0.39 is 0 Å². The van der Waals surface area contributed by atoms with Gasteiger partial charge in [-0.1, -0.05) is 102 Å². The molecule has 0 aliphatic carbocycles. The zero-order chi connectivity index (χ0) is 15.4. The monoisotopic (exact) mass is 422 g/mol. The normalized spacial score (nSPS) is 11.5. The minimum absolute atomic E-state index is 1.17. The first-order chi connectivity index (χ1) is 10.4. The molecule has 0 fully saturated rings. The molecule has 2 heteroatoms. The van der Waals surface area contributed by atoms with Gasteiger partial charge >= 0.3 is 0 Å². The summed E-state index contributed by atoms with van der Waals surface area (Å²) in [5, 5.41) is 2.35. The van der Waals surface area contributed by atoms with E-state index >= 15 is 0 Å². The Bertz CT molecular complexity index is 202. The maximum Gasteiger partial charge on any atom is 0.00313 e. The van der Waals surface area contributed by atoms with Crippen molar-refractivity contribution in [2.75, 3.05) is 10.7 Å². The van der Waals surface area contributed by atoms with Crippen LogP contribution in [0, 0.1) is 0 Å². The fourth-order valence-electron chi connectivity index (χ4n) is 2.54. The van der Waals surface area contributed by atoms with Crippen molar-refractivity contribution < 1.29 is 0 Å². The topological polar surface area (TPSA) is 0 Å². The van der Waals surface area contributed by atoms with Crippen molar-refractivity contribution in [2.45, 2.75) is 96.3 Å². The molecule has 0 saturated carbocycles. The Morgan fingerprint density at radius 3 is 1.00 bits per heavy atom. The molecule has 0 heterocycles. The number of hydrogen-bond acceptors (Lipinski definition) is 0. The maximum absolute atomic E-state index is 3.49. The summed E-state index contributed by atoms with van der Waals surface area (Å²) in [5.41, 5.74) is 0. The molecule has 126 valence electrons. The van der Waals surface area contributed by atoms with Gasteiger partial charge in [-0.05, 0) is 38.5 Å². The molecule has 21 heavy (non-hydrogen) atoms. The van der Waals surface area contributed by atoms with Crippen LogP contribution in [0.15, 0.2) is 12.2 Å². The number of hydrogen-bond donors (Lipinski definition) is 0. The first-order valence-electron chi connectivity index (χ1n) is 9.18. The van der Waals surface area contributed by atoms with Crippen LogP contribution in [0.1, 0.15) is 96.3 Å². The predicted molar refractivity (Wildman–Crippen MR) is 106 cm³/mol. The van der Waals surface area contributed by atoms with Gasteiger partial charge < -0.3 is 0 Å². The van der Waals surface area contributed by atoms with E-state index in [1.54, 1.807) is 0 Å². The Morgan fingerprint density at radius 2 is 0.667 bits per heavy atom. The molecule has 0 amide bonds. The van der Waals surface area contributed by atoms with Crippen molar-refractivity contribution in [3.05, 3.63) is 12.2 Å². The van der Waals surface area contributed by atoms with Gasteiger partial charge in [0.2, 0.25) is 0 Å². The Kier molecular flexibility index (Phi) is 21.4. The molecule has 0 saturated heterocycles. The van der Waals surface area contributed by atoms with Crippen molar-refractivity contribution in [3.63, 3.8) is 0 Å². The van der Waals surface area contributed by atoms with Crippen molar-refractivity contribution in [2.24, 2.45) is 0 Å². The largest absolute Gasteiger partial charge is 0.0928 e. The Hall–Kier alpha value is 0.700. The summed E-state index contributed by atoms with van der Waals surface area (Å²) in [6.07, 6.45) is 25.7. The van der Waals surface area contributed by atoms with Crippen LogP contribution in [0.3, 0.4) is 0 Å². The zero-order valence-corrected chi connectivity index (χ0v) is 17.1. The molecular weight excluding hydrogens is 388 g/mol. The molecule has 0 nitrogen and oxygen atoms in total. The van der Waals surface area contributed by atoms with Crippen LogP contribution in [0.2, 0.25) is 0 Å². The van der Waals surface area contributed by atoms with Crippen LogP contribution in [-0.2, 0) is 0 Å². The van der Waals surface area contributed by atoms with E-state index in [0.717, 1.165) is 0 Å². The van der Waals surface area contributed by atoms with Crippen LogP contribution in [0.25, 0.3) is 0 Å². The summed E-state index contributed by atoms with van der Waals surface area (Å²) in [7, 11) is 0. The van der Waals surface area contributed by atoms with Gasteiger partial charge in [-0.25, -0.2) is 0 Å². The van der Waals surface area contributed by atoms with Crippen molar-refractivity contribution in [1.29, 1.82) is 0 Å². The average Bonchev–Trinajstić information content (AvgIpc) is 2.50. The smallest absolute Gasteiger partial charge is 0.00313 e. The van der Waals surface area contributed by atoms with Gasteiger partial charge in [0.25, 0.3) is 0 Å². The first kappa shape index (κ1) is 21.7. The Morgan fingerprint density at radius 1 is 0.381 bits per heavy atom. The summed E-state index contributed by atoms with van der Waals surface area (Å²) in [4.78, 5) is 0. The molecule has 0 N–H and O–H groups in total. The lowest BCUT2D eigenvalue weighted by molar-refractivity contribution is 0.593. The second-order valence-corrected chi connectivity index (χ2v) is 7.61. The van der Waals surface area contributed by atoms with Gasteiger partial charge in [0.15, 0.2) is 0 Å². The van der Waals surface area contributed by atoms with E-state index in [0.29, 0.717) is 0 Å². The second-order valence-electron chi connectivity index (χ2n) is 6.02. The fraction of sp³-hybridized carbons (Fsp3) is 0.895. The van der Waals surface area contributed by atoms with E-state index in [-0.39, 0.29) is 0 Å². The van der Waals surface area contributed by atoms with Crippen molar-refractivity contribution in [3.8, 4) is 0 Å². The molecule has 0 aromatic rings. The summed E-state index contributed by atoms with van der Waals surface area (Å²) in [5.74, 6) is 0. The molecule has 0 rings (SSSR count). The van der Waals surface area contributed by atoms with Crippen LogP contribution in [0.5, 0.6) is 0 Å². The van der Waals surface area contributed by atoms with Gasteiger partial charge in [-0.3, -0.25) is 0 Å². The molecule has 0 aliphatic heterocycles. The first-order valence-corrected chi connectivity index (χ1v) is 11.4. The van der Waals surface area contributed by atoms with Crippen LogP contribution < -0.4 is 0 Å². The predicted octanol–water partition coefficient (Wildman–Crippen LogP) is 8.18. The number of rotatable bonds is 17. The minimum atomic E-state index is 1.17. The lowest BCUT2D eigenvalue weighted by Crippen LogP contribution is -1.81. The summed E-state index contributed by atoms with van der Waals surface area (Å²) >= 11 is 6.97. The highest BCUT2D eigenvalue weighted by Gasteiger charge is 1.91. The standard InChI is InChI=1S/C19H36Br2/c20-18-16-14-12-10-8-6-4-2-1-3-5-7-9-11-13-15-17-19-21/h1-2H,3-19H2. The molecule has 0 radical (unpaired) electrons. The average molecular weight is 424 g/mol. The van der Waals surface area contributed by atoms with Gasteiger partial charge in [0, 0.05) is 10.7 Å². The van der Waals surface area contributed by atoms with Gasteiger partial charge in [-0.2, -0.15) is 0 Å². The highest BCUT2D eigenvalue weighted by atomic mass is 79.9. The SMILES string of the molecule is BrCCCCCCCCC=CCCCCCCCCCBr. The Balaban J connectivity index is 3.02. The Labute approximate surface area is 150 Å². The molecule has 0 aliphatic rings. The summed E-state index contributed by atoms with van der Waals surface area (Å²) in [6.45, 7) is 0. The van der Waals surface area contributed by atoms with Gasteiger partial charge in [-0.15, -0.1) is 0 Å². The lowest BCUT2D eigenvalue weighted by atomic mass is 10.1. The van der Waals surface area contributed by atoms with E-state index in [9.17, 15) is 0 Å². The van der Waals surface area contributed by atoms with Crippen molar-refractivity contribution in [1.82, 2.24) is 0 Å². The highest BCUT2D eigenvalue weighted by Crippen LogP contribution is 2.11. The quantitative estimate of drug-likeness (QED) is 0.125. The van der Waals surface area contributed by atoms with E-state index in [4.69, 9.17) is 0 Å². The van der Waals surface area contributed by atoms with E-state index in [2.05, 4.69) is 44.0 Å². The van der Waals surface area contributed by atoms with Gasteiger partial charge in [0.05, 0.1) is 0 Å². The minimum Gasteiger partial charge on any atom is -0.0928 e. The summed E-state index contributed by atoms with van der Waals surface area (Å²) < 4.78 is 0. The molecule has 0 aromatic carbocycles. The maximum atomic E-state index is 3.49.